The molecule has 2 heterocycles. The number of thiocarbonyl (C=S) groups is 1. The van der Waals surface area contributed by atoms with Crippen LogP contribution in [0, 0.1) is 11.3 Å². The molecule has 186 valence electrons. The molecule has 1 spiro atoms. The molecule has 1 aliphatic carbocycles. The number of benzene rings is 2. The van der Waals surface area contributed by atoms with Gasteiger partial charge in [-0.05, 0) is 86.3 Å². The van der Waals surface area contributed by atoms with Crippen molar-refractivity contribution >= 4 is 40.5 Å². The van der Waals surface area contributed by atoms with E-state index in [1.165, 1.54) is 6.07 Å². The summed E-state index contributed by atoms with van der Waals surface area (Å²) in [5.74, 6) is -0.0255. The lowest BCUT2D eigenvalue weighted by Crippen LogP contribution is -2.55. The van der Waals surface area contributed by atoms with Gasteiger partial charge in [0.25, 0.3) is 11.8 Å². The Balaban J connectivity index is 1.52. The fourth-order valence-electron chi connectivity index (χ4n) is 5.07. The maximum Gasteiger partial charge on any atom is 0.417 e. The van der Waals surface area contributed by atoms with Gasteiger partial charge in [-0.3, -0.25) is 14.5 Å². The molecular weight excluding hydrogens is 493 g/mol. The number of fused-ring (bicyclic) bond motifs is 1. The molecule has 2 aromatic carbocycles. The van der Waals surface area contributed by atoms with Crippen LogP contribution in [0.4, 0.5) is 24.5 Å². The van der Waals surface area contributed by atoms with Crippen LogP contribution in [-0.2, 0) is 22.2 Å². The standard InChI is InChI=1S/C25H21F3N4O3S/c1-30-21(33)20-7-4-14-11-17(6-8-19(14)35-20)32-23(36)31(22(34)24(32)9-2-10-24)16-5-3-15(13-29)18(12-16)25(26,27)28/h3,5-6,8,11-12,20H,2,4,7,9-10H2,1H3,(H,30,33)/t20-/m1/s1. The Kier molecular flexibility index (Phi) is 5.67. The van der Waals surface area contributed by atoms with E-state index in [2.05, 4.69) is 5.32 Å². The lowest BCUT2D eigenvalue weighted by Gasteiger charge is -2.43. The van der Waals surface area contributed by atoms with Crippen LogP contribution < -0.4 is 19.9 Å². The van der Waals surface area contributed by atoms with Crippen molar-refractivity contribution in [1.29, 1.82) is 5.26 Å². The molecule has 1 N–H and O–H groups in total. The highest BCUT2D eigenvalue weighted by atomic mass is 32.1. The molecule has 1 saturated carbocycles. The third-order valence-electron chi connectivity index (χ3n) is 7.07. The summed E-state index contributed by atoms with van der Waals surface area (Å²) in [6.45, 7) is 0. The molecule has 0 bridgehead atoms. The van der Waals surface area contributed by atoms with Gasteiger partial charge in [0, 0.05) is 12.7 Å². The Hall–Kier alpha value is -3.65. The van der Waals surface area contributed by atoms with Gasteiger partial charge in [-0.2, -0.15) is 18.4 Å². The number of carbonyl (C=O) groups is 2. The molecule has 2 amide bonds. The van der Waals surface area contributed by atoms with Crippen LogP contribution in [0.5, 0.6) is 5.75 Å². The fourth-order valence-corrected chi connectivity index (χ4v) is 5.54. The van der Waals surface area contributed by atoms with Crippen molar-refractivity contribution < 1.29 is 27.5 Å². The second-order valence-corrected chi connectivity index (χ2v) is 9.40. The quantitative estimate of drug-likeness (QED) is 0.622. The topological polar surface area (TPSA) is 85.7 Å². The van der Waals surface area contributed by atoms with Crippen molar-refractivity contribution in [3.8, 4) is 11.8 Å². The summed E-state index contributed by atoms with van der Waals surface area (Å²) in [6, 6.07) is 10.1. The number of carbonyl (C=O) groups excluding carboxylic acids is 2. The summed E-state index contributed by atoms with van der Waals surface area (Å²) in [5.41, 5.74) is -1.15. The maximum absolute atomic E-state index is 13.6. The van der Waals surface area contributed by atoms with E-state index < -0.39 is 28.9 Å². The number of hydrogen-bond donors (Lipinski definition) is 1. The maximum atomic E-state index is 13.6. The van der Waals surface area contributed by atoms with Gasteiger partial charge in [-0.25, -0.2) is 0 Å². The molecule has 1 atom stereocenters. The molecule has 0 radical (unpaired) electrons. The number of rotatable bonds is 3. The van der Waals surface area contributed by atoms with E-state index in [0.717, 1.165) is 29.0 Å². The summed E-state index contributed by atoms with van der Waals surface area (Å²) >= 11 is 5.67. The molecule has 1 saturated heterocycles. The number of anilines is 2. The zero-order valence-electron chi connectivity index (χ0n) is 19.2. The van der Waals surface area contributed by atoms with Crippen molar-refractivity contribution in [2.45, 2.75) is 49.9 Å². The molecule has 7 nitrogen and oxygen atoms in total. The smallest absolute Gasteiger partial charge is 0.417 e. The van der Waals surface area contributed by atoms with Crippen molar-refractivity contribution in [2.24, 2.45) is 0 Å². The molecule has 0 unspecified atom stereocenters. The fraction of sp³-hybridized carbons (Fsp3) is 0.360. The second-order valence-electron chi connectivity index (χ2n) is 9.03. The van der Waals surface area contributed by atoms with Crippen molar-refractivity contribution in [2.75, 3.05) is 16.8 Å². The summed E-state index contributed by atoms with van der Waals surface area (Å²) < 4.78 is 46.6. The minimum atomic E-state index is -4.76. The number of nitrogens with one attached hydrogen (secondary N) is 1. The number of aryl methyl sites for hydroxylation is 1. The van der Waals surface area contributed by atoms with Crippen LogP contribution in [0.1, 0.15) is 42.4 Å². The van der Waals surface area contributed by atoms with Crippen molar-refractivity contribution in [3.63, 3.8) is 0 Å². The lowest BCUT2D eigenvalue weighted by atomic mass is 9.75. The van der Waals surface area contributed by atoms with E-state index in [-0.39, 0.29) is 22.6 Å². The first-order chi connectivity index (χ1) is 17.1. The third kappa shape index (κ3) is 3.59. The number of amides is 2. The Bertz CT molecular complexity index is 1330. The van der Waals surface area contributed by atoms with Crippen LogP contribution >= 0.6 is 12.2 Å². The van der Waals surface area contributed by atoms with Crippen LogP contribution in [0.15, 0.2) is 36.4 Å². The number of likely N-dealkylation sites (N-methyl/N-ethyl adjacent to an activating group) is 1. The molecule has 0 aromatic heterocycles. The monoisotopic (exact) mass is 514 g/mol. The average molecular weight is 515 g/mol. The highest BCUT2D eigenvalue weighted by Gasteiger charge is 2.59. The molecule has 2 aromatic rings. The van der Waals surface area contributed by atoms with E-state index >= 15 is 0 Å². The number of alkyl halides is 3. The molecule has 2 aliphatic heterocycles. The Labute approximate surface area is 210 Å². The summed E-state index contributed by atoms with van der Waals surface area (Å²) in [5, 5.41) is 11.8. The molecular formula is C25H21F3N4O3S. The number of hydrogen-bond acceptors (Lipinski definition) is 5. The normalized spacial score (nSPS) is 20.5. The zero-order chi connectivity index (χ0) is 25.8. The summed E-state index contributed by atoms with van der Waals surface area (Å²) in [4.78, 5) is 28.5. The van der Waals surface area contributed by atoms with Gasteiger partial charge in [0.05, 0.1) is 22.9 Å². The lowest BCUT2D eigenvalue weighted by molar-refractivity contribution is -0.137. The molecule has 5 rings (SSSR count). The van der Waals surface area contributed by atoms with Crippen LogP contribution in [-0.4, -0.2) is 35.6 Å². The number of nitrogens with zero attached hydrogens (tertiary/aromatic N) is 3. The number of nitriles is 1. The van der Waals surface area contributed by atoms with Crippen molar-refractivity contribution in [3.05, 3.63) is 53.1 Å². The summed E-state index contributed by atoms with van der Waals surface area (Å²) in [6.07, 6.45) is -2.48. The number of halogens is 3. The first kappa shape index (κ1) is 24.1. The SMILES string of the molecule is CNC(=O)[C@H]1CCc2cc(N3C(=S)N(c4ccc(C#N)c(C(F)(F)F)c4)C(=O)C34CCC4)ccc2O1. The van der Waals surface area contributed by atoms with Gasteiger partial charge >= 0.3 is 6.18 Å². The Morgan fingerprint density at radius 3 is 2.56 bits per heavy atom. The zero-order valence-corrected chi connectivity index (χ0v) is 20.0. The summed E-state index contributed by atoms with van der Waals surface area (Å²) in [7, 11) is 1.55. The van der Waals surface area contributed by atoms with E-state index in [0.29, 0.717) is 37.1 Å². The van der Waals surface area contributed by atoms with Gasteiger partial charge in [0.15, 0.2) is 11.2 Å². The first-order valence-corrected chi connectivity index (χ1v) is 11.8. The molecule has 11 heteroatoms. The molecule has 3 aliphatic rings. The highest BCUT2D eigenvalue weighted by Crippen LogP contribution is 2.49. The van der Waals surface area contributed by atoms with E-state index in [1.807, 2.05) is 6.07 Å². The molecule has 2 fully saturated rings. The largest absolute Gasteiger partial charge is 0.480 e. The van der Waals surface area contributed by atoms with Gasteiger partial charge in [-0.1, -0.05) is 0 Å². The van der Waals surface area contributed by atoms with Gasteiger partial charge < -0.3 is 15.0 Å². The Morgan fingerprint density at radius 1 is 1.22 bits per heavy atom. The third-order valence-corrected chi connectivity index (χ3v) is 7.43. The minimum Gasteiger partial charge on any atom is -0.480 e. The second kappa shape index (κ2) is 8.48. The minimum absolute atomic E-state index is 0.0280. The van der Waals surface area contributed by atoms with Crippen LogP contribution in [0.3, 0.4) is 0 Å². The van der Waals surface area contributed by atoms with E-state index in [1.54, 1.807) is 30.1 Å². The Morgan fingerprint density at radius 2 is 1.94 bits per heavy atom. The first-order valence-electron chi connectivity index (χ1n) is 11.4. The predicted molar refractivity (Wildman–Crippen MR) is 129 cm³/mol. The van der Waals surface area contributed by atoms with Gasteiger partial charge in [0.1, 0.15) is 11.3 Å². The van der Waals surface area contributed by atoms with E-state index in [9.17, 15) is 22.8 Å². The molecule has 36 heavy (non-hydrogen) atoms. The van der Waals surface area contributed by atoms with Crippen LogP contribution in [0.25, 0.3) is 0 Å². The van der Waals surface area contributed by atoms with Crippen molar-refractivity contribution in [1.82, 2.24) is 5.32 Å². The van der Waals surface area contributed by atoms with Gasteiger partial charge in [0.2, 0.25) is 0 Å². The van der Waals surface area contributed by atoms with E-state index in [4.69, 9.17) is 22.2 Å². The highest BCUT2D eigenvalue weighted by molar-refractivity contribution is 7.81. The predicted octanol–water partition coefficient (Wildman–Crippen LogP) is 4.08. The van der Waals surface area contributed by atoms with Gasteiger partial charge in [-0.15, -0.1) is 0 Å². The average Bonchev–Trinajstić information content (AvgIpc) is 3.08. The number of ether oxygens (including phenoxy) is 1. The van der Waals surface area contributed by atoms with Crippen LogP contribution in [0.2, 0.25) is 0 Å².